The third-order valence-electron chi connectivity index (χ3n) is 4.57. The summed E-state index contributed by atoms with van der Waals surface area (Å²) in [6, 6.07) is 14.1. The van der Waals surface area contributed by atoms with E-state index in [9.17, 15) is 4.79 Å². The third-order valence-corrected chi connectivity index (χ3v) is 4.57. The monoisotopic (exact) mass is 311 g/mol. The second kappa shape index (κ2) is 5.61. The Morgan fingerprint density at radius 1 is 1.17 bits per heavy atom. The summed E-state index contributed by atoms with van der Waals surface area (Å²) in [5.41, 5.74) is 4.43. The molecule has 0 spiro atoms. The van der Waals surface area contributed by atoms with Gasteiger partial charge in [0, 0.05) is 0 Å². The molecule has 0 saturated carbocycles. The average molecular weight is 311 g/mol. The molecule has 1 aliphatic carbocycles. The van der Waals surface area contributed by atoms with E-state index in [0.29, 0.717) is 0 Å². The number of carboxylic acid groups (broad SMARTS) is 1. The van der Waals surface area contributed by atoms with Gasteiger partial charge in [0.05, 0.1) is 13.2 Å². The molecule has 2 aromatic carbocycles. The molecule has 1 unspecified atom stereocenters. The van der Waals surface area contributed by atoms with E-state index in [4.69, 9.17) is 9.84 Å². The van der Waals surface area contributed by atoms with E-state index >= 15 is 0 Å². The molecule has 23 heavy (non-hydrogen) atoms. The van der Waals surface area contributed by atoms with Gasteiger partial charge < -0.3 is 15.2 Å². The van der Waals surface area contributed by atoms with Crippen LogP contribution in [0, 0.1) is 5.41 Å². The Kier molecular flexibility index (Phi) is 3.76. The summed E-state index contributed by atoms with van der Waals surface area (Å²) >= 11 is 0. The molecule has 2 aromatic rings. The minimum atomic E-state index is -0.977. The Balaban J connectivity index is 1.96. The molecule has 0 aliphatic heterocycles. The zero-order valence-corrected chi connectivity index (χ0v) is 13.6. The number of hydrogen-bond donors (Lipinski definition) is 2. The molecule has 0 heterocycles. The Morgan fingerprint density at radius 3 is 2.43 bits per heavy atom. The maximum absolute atomic E-state index is 11.1. The van der Waals surface area contributed by atoms with Crippen molar-refractivity contribution in [3.05, 3.63) is 53.6 Å². The smallest absolute Gasteiger partial charge is 0.405 e. The minimum absolute atomic E-state index is 0.126. The van der Waals surface area contributed by atoms with Gasteiger partial charge in [0.2, 0.25) is 0 Å². The van der Waals surface area contributed by atoms with Gasteiger partial charge in [0.1, 0.15) is 5.75 Å². The van der Waals surface area contributed by atoms with Crippen LogP contribution in [0.25, 0.3) is 11.1 Å². The van der Waals surface area contributed by atoms with Crippen molar-refractivity contribution >= 4 is 6.09 Å². The van der Waals surface area contributed by atoms with E-state index in [2.05, 4.69) is 31.3 Å². The number of ether oxygens (including phenoxy) is 1. The summed E-state index contributed by atoms with van der Waals surface area (Å²) in [4.78, 5) is 11.1. The lowest BCUT2D eigenvalue weighted by atomic mass is 9.85. The van der Waals surface area contributed by atoms with Gasteiger partial charge in [0.15, 0.2) is 0 Å². The van der Waals surface area contributed by atoms with Gasteiger partial charge >= 0.3 is 6.09 Å². The summed E-state index contributed by atoms with van der Waals surface area (Å²) in [5.74, 6) is 0.835. The molecule has 2 N–H and O–H groups in total. The van der Waals surface area contributed by atoms with Gasteiger partial charge in [-0.15, -0.1) is 0 Å². The maximum atomic E-state index is 11.1. The fourth-order valence-electron chi connectivity index (χ4n) is 3.41. The van der Waals surface area contributed by atoms with Gasteiger partial charge in [-0.25, -0.2) is 4.79 Å². The highest BCUT2D eigenvalue weighted by Crippen LogP contribution is 2.46. The maximum Gasteiger partial charge on any atom is 0.405 e. The number of rotatable bonds is 3. The van der Waals surface area contributed by atoms with Crippen LogP contribution in [0.3, 0.4) is 0 Å². The Bertz CT molecular complexity index is 735. The largest absolute Gasteiger partial charge is 0.497 e. The van der Waals surface area contributed by atoms with E-state index in [1.54, 1.807) is 7.11 Å². The first kappa shape index (κ1) is 15.4. The zero-order chi connectivity index (χ0) is 16.6. The summed E-state index contributed by atoms with van der Waals surface area (Å²) in [7, 11) is 1.65. The van der Waals surface area contributed by atoms with Crippen LogP contribution in [-0.4, -0.2) is 18.3 Å². The normalized spacial score (nSPS) is 18.3. The van der Waals surface area contributed by atoms with E-state index in [0.717, 1.165) is 28.9 Å². The number of nitrogens with one attached hydrogen (secondary N) is 1. The van der Waals surface area contributed by atoms with Crippen molar-refractivity contribution in [2.24, 2.45) is 5.41 Å². The predicted octanol–water partition coefficient (Wildman–Crippen LogP) is 4.25. The van der Waals surface area contributed by atoms with E-state index < -0.39 is 6.09 Å². The highest BCUT2D eigenvalue weighted by atomic mass is 16.5. The highest BCUT2D eigenvalue weighted by molar-refractivity contribution is 5.68. The van der Waals surface area contributed by atoms with Crippen LogP contribution < -0.4 is 10.1 Å². The first-order chi connectivity index (χ1) is 10.9. The van der Waals surface area contributed by atoms with Crippen molar-refractivity contribution in [3.8, 4) is 16.9 Å². The molecule has 0 fully saturated rings. The summed E-state index contributed by atoms with van der Waals surface area (Å²) in [6.45, 7) is 4.20. The minimum Gasteiger partial charge on any atom is -0.497 e. The van der Waals surface area contributed by atoms with Crippen molar-refractivity contribution < 1.29 is 14.6 Å². The summed E-state index contributed by atoms with van der Waals surface area (Å²) in [6.07, 6.45) is -0.118. The van der Waals surface area contributed by atoms with Crippen LogP contribution in [0.4, 0.5) is 4.79 Å². The number of benzene rings is 2. The lowest BCUT2D eigenvalue weighted by Crippen LogP contribution is -2.34. The van der Waals surface area contributed by atoms with Gasteiger partial charge in [-0.2, -0.15) is 0 Å². The number of hydrogen-bond acceptors (Lipinski definition) is 2. The van der Waals surface area contributed by atoms with Crippen molar-refractivity contribution in [1.82, 2.24) is 5.32 Å². The van der Waals surface area contributed by atoms with Gasteiger partial charge in [-0.05, 0) is 46.2 Å². The van der Waals surface area contributed by atoms with Crippen molar-refractivity contribution in [3.63, 3.8) is 0 Å². The van der Waals surface area contributed by atoms with Crippen molar-refractivity contribution in [2.75, 3.05) is 7.11 Å². The number of carbonyl (C=O) groups is 1. The molecular weight excluding hydrogens is 290 g/mol. The number of methoxy groups -OCH3 is 1. The molecule has 120 valence electrons. The van der Waals surface area contributed by atoms with Crippen LogP contribution in [0.1, 0.15) is 31.0 Å². The van der Waals surface area contributed by atoms with Gasteiger partial charge in [-0.3, -0.25) is 0 Å². The quantitative estimate of drug-likeness (QED) is 0.890. The van der Waals surface area contributed by atoms with Crippen molar-refractivity contribution in [1.29, 1.82) is 0 Å². The predicted molar refractivity (Wildman–Crippen MR) is 89.8 cm³/mol. The van der Waals surface area contributed by atoms with Crippen molar-refractivity contribution in [2.45, 2.75) is 26.3 Å². The Labute approximate surface area is 136 Å². The topological polar surface area (TPSA) is 58.6 Å². The zero-order valence-electron chi connectivity index (χ0n) is 13.6. The fourth-order valence-corrected chi connectivity index (χ4v) is 3.41. The second-order valence-electron chi connectivity index (χ2n) is 6.69. The SMILES string of the molecule is COc1ccc(-c2ccc3c(c2)CC(C)(C)C3NC(=O)O)cc1. The fraction of sp³-hybridized carbons (Fsp3) is 0.316. The molecule has 0 bridgehead atoms. The molecule has 0 radical (unpaired) electrons. The second-order valence-corrected chi connectivity index (χ2v) is 6.69. The molecule has 1 amide bonds. The van der Waals surface area contributed by atoms with Crippen LogP contribution in [-0.2, 0) is 6.42 Å². The van der Waals surface area contributed by atoms with E-state index in [1.807, 2.05) is 30.3 Å². The highest BCUT2D eigenvalue weighted by Gasteiger charge is 2.39. The van der Waals surface area contributed by atoms with Gasteiger partial charge in [0.25, 0.3) is 0 Å². The molecule has 4 heteroatoms. The lowest BCUT2D eigenvalue weighted by molar-refractivity contribution is 0.175. The van der Waals surface area contributed by atoms with Crippen LogP contribution in [0.5, 0.6) is 5.75 Å². The summed E-state index contributed by atoms with van der Waals surface area (Å²) in [5, 5.41) is 11.8. The molecule has 3 rings (SSSR count). The first-order valence-corrected chi connectivity index (χ1v) is 7.67. The molecule has 1 atom stereocenters. The van der Waals surface area contributed by atoms with Crippen LogP contribution >= 0.6 is 0 Å². The lowest BCUT2D eigenvalue weighted by Gasteiger charge is -2.27. The molecule has 1 aliphatic rings. The number of amides is 1. The molecular formula is C19H21NO3. The van der Waals surface area contributed by atoms with Crippen LogP contribution in [0.15, 0.2) is 42.5 Å². The molecule has 4 nitrogen and oxygen atoms in total. The average Bonchev–Trinajstić information content (AvgIpc) is 2.76. The molecule has 0 aromatic heterocycles. The Morgan fingerprint density at radius 2 is 1.83 bits per heavy atom. The van der Waals surface area contributed by atoms with E-state index in [-0.39, 0.29) is 11.5 Å². The standard InChI is InChI=1S/C19H21NO3/c1-19(2)11-14-10-13(12-4-7-15(23-3)8-5-12)6-9-16(14)17(19)20-18(21)22/h4-10,17,20H,11H2,1-3H3,(H,21,22). The summed E-state index contributed by atoms with van der Waals surface area (Å²) < 4.78 is 5.19. The van der Waals surface area contributed by atoms with E-state index in [1.165, 1.54) is 5.56 Å². The first-order valence-electron chi connectivity index (χ1n) is 7.67. The van der Waals surface area contributed by atoms with Crippen LogP contribution in [0.2, 0.25) is 0 Å². The molecule has 0 saturated heterocycles. The Hall–Kier alpha value is -2.49. The third kappa shape index (κ3) is 2.89. The number of fused-ring (bicyclic) bond motifs is 1. The van der Waals surface area contributed by atoms with Gasteiger partial charge in [-0.1, -0.05) is 44.2 Å².